The number of rotatable bonds is 5. The first-order valence-corrected chi connectivity index (χ1v) is 11.3. The molecule has 156 valence electrons. The number of carbonyl (C=O) groups excluding carboxylic acids is 1. The molecule has 0 saturated heterocycles. The maximum atomic E-state index is 13.5. The summed E-state index contributed by atoms with van der Waals surface area (Å²) >= 11 is 4.63. The highest BCUT2D eigenvalue weighted by molar-refractivity contribution is 9.10. The zero-order valence-corrected chi connectivity index (χ0v) is 18.8. The number of aromatic nitrogens is 2. The van der Waals surface area contributed by atoms with Crippen molar-refractivity contribution in [1.29, 1.82) is 0 Å². The first-order chi connectivity index (χ1) is 15.1. The van der Waals surface area contributed by atoms with Gasteiger partial charge in [-0.05, 0) is 42.3 Å². The number of nitrogens with zero attached hydrogens (tertiary/aromatic N) is 3. The lowest BCUT2D eigenvalue weighted by Gasteiger charge is -2.22. The maximum Gasteiger partial charge on any atom is 0.297 e. The minimum absolute atomic E-state index is 0.0336. The van der Waals surface area contributed by atoms with Crippen molar-refractivity contribution >= 4 is 49.3 Å². The molecule has 0 radical (unpaired) electrons. The van der Waals surface area contributed by atoms with Gasteiger partial charge in [0.05, 0.1) is 23.6 Å². The molecule has 1 aliphatic heterocycles. The number of hydrogen-bond donors (Lipinski definition) is 0. The van der Waals surface area contributed by atoms with E-state index in [0.717, 1.165) is 22.2 Å². The lowest BCUT2D eigenvalue weighted by Crippen LogP contribution is -2.29. The quantitative estimate of drug-likeness (QED) is 0.387. The van der Waals surface area contributed by atoms with Crippen LogP contribution in [-0.4, -0.2) is 22.7 Å². The molecule has 2 aromatic heterocycles. The number of benzene rings is 2. The Morgan fingerprint density at radius 3 is 2.71 bits per heavy atom. The van der Waals surface area contributed by atoms with E-state index in [-0.39, 0.29) is 11.2 Å². The van der Waals surface area contributed by atoms with Crippen LogP contribution in [0, 0.1) is 0 Å². The van der Waals surface area contributed by atoms with Crippen molar-refractivity contribution in [3.8, 4) is 5.75 Å². The second-order valence-corrected chi connectivity index (χ2v) is 8.76. The Kier molecular flexibility index (Phi) is 5.07. The minimum Gasteiger partial charge on any atom is -0.494 e. The van der Waals surface area contributed by atoms with Crippen molar-refractivity contribution in [2.24, 2.45) is 0 Å². The van der Waals surface area contributed by atoms with Crippen LogP contribution in [0.15, 0.2) is 61.7 Å². The topological polar surface area (TPSA) is 85.5 Å². The molecule has 7 nitrogen and oxygen atoms in total. The van der Waals surface area contributed by atoms with Gasteiger partial charge in [-0.1, -0.05) is 46.3 Å². The molecule has 31 heavy (non-hydrogen) atoms. The van der Waals surface area contributed by atoms with Crippen molar-refractivity contribution < 1.29 is 13.9 Å². The van der Waals surface area contributed by atoms with Gasteiger partial charge < -0.3 is 9.15 Å². The van der Waals surface area contributed by atoms with Crippen LogP contribution >= 0.6 is 27.3 Å². The molecule has 5 rings (SSSR count). The van der Waals surface area contributed by atoms with E-state index in [1.165, 1.54) is 16.2 Å². The van der Waals surface area contributed by atoms with Gasteiger partial charge in [0.15, 0.2) is 5.43 Å². The van der Waals surface area contributed by atoms with Gasteiger partial charge in [-0.25, -0.2) is 0 Å². The monoisotopic (exact) mass is 497 g/mol. The average Bonchev–Trinajstić information content (AvgIpc) is 3.40. The summed E-state index contributed by atoms with van der Waals surface area (Å²) in [6, 6.07) is 11.9. The lowest BCUT2D eigenvalue weighted by molar-refractivity contribution is 0.0970. The molecule has 2 aromatic carbocycles. The van der Waals surface area contributed by atoms with E-state index < -0.39 is 11.9 Å². The van der Waals surface area contributed by atoms with Crippen LogP contribution < -0.4 is 15.1 Å². The molecule has 0 saturated carbocycles. The Labute approximate surface area is 189 Å². The van der Waals surface area contributed by atoms with Gasteiger partial charge in [-0.15, -0.1) is 10.2 Å². The summed E-state index contributed by atoms with van der Waals surface area (Å²) in [5, 5.41) is 8.76. The average molecular weight is 498 g/mol. The molecule has 3 heterocycles. The zero-order chi connectivity index (χ0) is 21.5. The third-order valence-corrected chi connectivity index (χ3v) is 6.24. The predicted molar refractivity (Wildman–Crippen MR) is 121 cm³/mol. The molecule has 0 bridgehead atoms. The van der Waals surface area contributed by atoms with E-state index in [2.05, 4.69) is 26.1 Å². The number of amides is 1. The summed E-state index contributed by atoms with van der Waals surface area (Å²) < 4.78 is 12.4. The molecule has 0 aliphatic carbocycles. The third kappa shape index (κ3) is 3.34. The minimum atomic E-state index is -0.671. The van der Waals surface area contributed by atoms with E-state index >= 15 is 0 Å². The third-order valence-electron chi connectivity index (χ3n) is 5.06. The van der Waals surface area contributed by atoms with Crippen LogP contribution in [0.3, 0.4) is 0 Å². The lowest BCUT2D eigenvalue weighted by atomic mass is 9.98. The van der Waals surface area contributed by atoms with E-state index in [0.29, 0.717) is 28.3 Å². The second-order valence-electron chi connectivity index (χ2n) is 7.03. The first kappa shape index (κ1) is 19.9. The number of fused-ring (bicyclic) bond motifs is 2. The normalized spacial score (nSPS) is 15.5. The molecule has 1 atom stereocenters. The Morgan fingerprint density at radius 2 is 2.00 bits per heavy atom. The van der Waals surface area contributed by atoms with Gasteiger partial charge in [0.2, 0.25) is 10.9 Å². The van der Waals surface area contributed by atoms with Crippen LogP contribution in [0.4, 0.5) is 5.13 Å². The summed E-state index contributed by atoms with van der Waals surface area (Å²) in [4.78, 5) is 28.3. The zero-order valence-electron chi connectivity index (χ0n) is 16.4. The number of carbonyl (C=O) groups is 1. The van der Waals surface area contributed by atoms with Crippen LogP contribution in [0.2, 0.25) is 0 Å². The van der Waals surface area contributed by atoms with Gasteiger partial charge in [0, 0.05) is 4.47 Å². The first-order valence-electron chi connectivity index (χ1n) is 9.67. The SMILES string of the molecule is CCCOc1ccc(C2c3c(oc4ccc(Br)cc4c3=O)C(=O)N2c2nncs2)cc1. The fourth-order valence-corrected chi connectivity index (χ4v) is 4.64. The van der Waals surface area contributed by atoms with E-state index in [9.17, 15) is 9.59 Å². The number of anilines is 1. The van der Waals surface area contributed by atoms with Crippen LogP contribution in [0.5, 0.6) is 5.75 Å². The van der Waals surface area contributed by atoms with Crippen molar-refractivity contribution in [3.63, 3.8) is 0 Å². The summed E-state index contributed by atoms with van der Waals surface area (Å²) in [7, 11) is 0. The van der Waals surface area contributed by atoms with Crippen LogP contribution in [0.1, 0.15) is 41.1 Å². The van der Waals surface area contributed by atoms with E-state index in [1.54, 1.807) is 23.7 Å². The Hall–Kier alpha value is -3.04. The van der Waals surface area contributed by atoms with Crippen molar-refractivity contribution in [1.82, 2.24) is 10.2 Å². The molecule has 0 spiro atoms. The molecule has 1 unspecified atom stereocenters. The summed E-state index contributed by atoms with van der Waals surface area (Å²) in [5.74, 6) is 0.350. The molecule has 4 aromatic rings. The smallest absolute Gasteiger partial charge is 0.297 e. The standard InChI is InChI=1S/C22H16BrN3O4S/c1-2-9-29-14-6-3-12(4-7-14)18-17-19(27)15-10-13(23)5-8-16(15)30-20(17)21(28)26(18)22-25-24-11-31-22/h3-8,10-11,18H,2,9H2,1H3. The molecule has 9 heteroatoms. The molecule has 0 fully saturated rings. The van der Waals surface area contributed by atoms with E-state index in [4.69, 9.17) is 9.15 Å². The molecule has 1 amide bonds. The van der Waals surface area contributed by atoms with Crippen molar-refractivity contribution in [2.45, 2.75) is 19.4 Å². The Bertz CT molecular complexity index is 1340. The predicted octanol–water partition coefficient (Wildman–Crippen LogP) is 4.95. The van der Waals surface area contributed by atoms with Gasteiger partial charge in [0.25, 0.3) is 5.91 Å². The second kappa shape index (κ2) is 7.90. The van der Waals surface area contributed by atoms with E-state index in [1.807, 2.05) is 31.2 Å². The number of hydrogen-bond acceptors (Lipinski definition) is 7. The fourth-order valence-electron chi connectivity index (χ4n) is 3.70. The summed E-state index contributed by atoms with van der Waals surface area (Å²) in [6.07, 6.45) is 0.904. The molecular formula is C22H16BrN3O4S. The summed E-state index contributed by atoms with van der Waals surface area (Å²) in [5.41, 5.74) is 2.73. The van der Waals surface area contributed by atoms with Crippen LogP contribution in [0.25, 0.3) is 11.0 Å². The van der Waals surface area contributed by atoms with Crippen LogP contribution in [-0.2, 0) is 0 Å². The van der Waals surface area contributed by atoms with Gasteiger partial charge in [-0.2, -0.15) is 0 Å². The van der Waals surface area contributed by atoms with Gasteiger partial charge in [-0.3, -0.25) is 14.5 Å². The van der Waals surface area contributed by atoms with Crippen molar-refractivity contribution in [3.05, 3.63) is 79.6 Å². The Morgan fingerprint density at radius 1 is 1.19 bits per heavy atom. The maximum absolute atomic E-state index is 13.5. The van der Waals surface area contributed by atoms with Crippen molar-refractivity contribution in [2.75, 3.05) is 11.5 Å². The largest absolute Gasteiger partial charge is 0.494 e. The number of ether oxygens (including phenoxy) is 1. The molecular weight excluding hydrogens is 482 g/mol. The summed E-state index contributed by atoms with van der Waals surface area (Å²) in [6.45, 7) is 2.66. The Balaban J connectivity index is 1.71. The number of halogens is 1. The molecule has 1 aliphatic rings. The fraction of sp³-hybridized carbons (Fsp3) is 0.182. The highest BCUT2D eigenvalue weighted by Gasteiger charge is 2.45. The highest BCUT2D eigenvalue weighted by Crippen LogP contribution is 2.42. The molecule has 0 N–H and O–H groups in total. The highest BCUT2D eigenvalue weighted by atomic mass is 79.9. The van der Waals surface area contributed by atoms with Gasteiger partial charge in [0.1, 0.15) is 16.8 Å². The van der Waals surface area contributed by atoms with Gasteiger partial charge >= 0.3 is 0 Å².